The molecule has 0 aromatic heterocycles. The minimum atomic E-state index is -0.767. The van der Waals surface area contributed by atoms with Crippen molar-refractivity contribution in [3.63, 3.8) is 0 Å². The van der Waals surface area contributed by atoms with Crippen LogP contribution in [0.25, 0.3) is 0 Å². The molecule has 0 radical (unpaired) electrons. The van der Waals surface area contributed by atoms with Crippen LogP contribution in [0.3, 0.4) is 0 Å². The summed E-state index contributed by atoms with van der Waals surface area (Å²) in [5, 5.41) is 8.83. The van der Waals surface area contributed by atoms with Gasteiger partial charge in [-0.2, -0.15) is 0 Å². The van der Waals surface area contributed by atoms with Crippen molar-refractivity contribution in [3.05, 3.63) is 49.1 Å². The van der Waals surface area contributed by atoms with Gasteiger partial charge in [-0.05, 0) is 19.8 Å². The maximum absolute atomic E-state index is 10.7. The van der Waals surface area contributed by atoms with Gasteiger partial charge in [-0.3, -0.25) is 4.79 Å². The van der Waals surface area contributed by atoms with E-state index in [1.54, 1.807) is 6.08 Å². The molecule has 0 amide bonds. The van der Waals surface area contributed by atoms with E-state index in [1.165, 1.54) is 0 Å². The Morgan fingerprint density at radius 2 is 1.93 bits per heavy atom. The molecule has 0 rings (SSSR count). The molecule has 82 valence electrons. The lowest BCUT2D eigenvalue weighted by atomic mass is 10.0. The van der Waals surface area contributed by atoms with Crippen LogP contribution in [0.2, 0.25) is 0 Å². The second kappa shape index (κ2) is 9.00. The zero-order chi connectivity index (χ0) is 11.5. The first kappa shape index (κ1) is 13.4. The summed E-state index contributed by atoms with van der Waals surface area (Å²) in [6, 6.07) is 0. The van der Waals surface area contributed by atoms with Crippen LogP contribution in [0, 0.1) is 5.92 Å². The molecule has 1 atom stereocenters. The molecule has 0 aliphatic rings. The highest BCUT2D eigenvalue weighted by atomic mass is 16.4. The van der Waals surface area contributed by atoms with Crippen molar-refractivity contribution >= 4 is 5.97 Å². The molecule has 0 bridgehead atoms. The van der Waals surface area contributed by atoms with E-state index in [9.17, 15) is 4.79 Å². The van der Waals surface area contributed by atoms with Gasteiger partial charge in [0, 0.05) is 0 Å². The molecular weight excluding hydrogens is 188 g/mol. The van der Waals surface area contributed by atoms with Gasteiger partial charge in [0.25, 0.3) is 0 Å². The number of aliphatic carboxylic acids is 1. The van der Waals surface area contributed by atoms with E-state index in [-0.39, 0.29) is 5.92 Å². The Kier molecular flexibility index (Phi) is 8.06. The van der Waals surface area contributed by atoms with Crippen molar-refractivity contribution < 1.29 is 9.90 Å². The number of hydrogen-bond donors (Lipinski definition) is 1. The normalized spacial score (nSPS) is 13.9. The third-order valence-corrected chi connectivity index (χ3v) is 1.88. The van der Waals surface area contributed by atoms with Crippen molar-refractivity contribution in [2.24, 2.45) is 5.92 Å². The number of allylic oxidation sites excluding steroid dienone is 7. The summed E-state index contributed by atoms with van der Waals surface area (Å²) in [7, 11) is 0. The van der Waals surface area contributed by atoms with Gasteiger partial charge in [0.05, 0.1) is 5.92 Å². The Bertz CT molecular complexity index is 272. The summed E-state index contributed by atoms with van der Waals surface area (Å²) < 4.78 is 0. The quantitative estimate of drug-likeness (QED) is 0.512. The highest BCUT2D eigenvalue weighted by Gasteiger charge is 2.12. The zero-order valence-electron chi connectivity index (χ0n) is 9.10. The van der Waals surface area contributed by atoms with Crippen molar-refractivity contribution in [3.8, 4) is 0 Å². The van der Waals surface area contributed by atoms with Gasteiger partial charge in [-0.15, -0.1) is 6.58 Å². The van der Waals surface area contributed by atoms with Crippen LogP contribution >= 0.6 is 0 Å². The molecule has 0 saturated heterocycles. The second-order valence-electron chi connectivity index (χ2n) is 3.13. The molecule has 0 aromatic carbocycles. The fourth-order valence-corrected chi connectivity index (χ4v) is 1.06. The van der Waals surface area contributed by atoms with Crippen LogP contribution in [0.15, 0.2) is 49.1 Å². The molecule has 0 heterocycles. The SMILES string of the molecule is C=CCC(CC=CC=CC=CC)C(=O)O. The van der Waals surface area contributed by atoms with Gasteiger partial charge in [0.1, 0.15) is 0 Å². The molecule has 0 saturated carbocycles. The monoisotopic (exact) mass is 206 g/mol. The maximum atomic E-state index is 10.7. The van der Waals surface area contributed by atoms with Gasteiger partial charge < -0.3 is 5.11 Å². The van der Waals surface area contributed by atoms with Crippen molar-refractivity contribution in [2.75, 3.05) is 0 Å². The number of carboxylic acid groups (broad SMARTS) is 1. The first-order valence-electron chi connectivity index (χ1n) is 5.00. The van der Waals surface area contributed by atoms with E-state index in [0.717, 1.165) is 0 Å². The van der Waals surface area contributed by atoms with E-state index < -0.39 is 5.97 Å². The summed E-state index contributed by atoms with van der Waals surface area (Å²) in [6.07, 6.45) is 14.1. The summed E-state index contributed by atoms with van der Waals surface area (Å²) in [6.45, 7) is 5.48. The molecule has 0 spiro atoms. The van der Waals surface area contributed by atoms with Gasteiger partial charge in [-0.1, -0.05) is 42.5 Å². The van der Waals surface area contributed by atoms with Crippen LogP contribution in [0.1, 0.15) is 19.8 Å². The van der Waals surface area contributed by atoms with E-state index in [1.807, 2.05) is 43.4 Å². The lowest BCUT2D eigenvalue weighted by molar-refractivity contribution is -0.141. The maximum Gasteiger partial charge on any atom is 0.307 e. The molecule has 2 heteroatoms. The van der Waals surface area contributed by atoms with Crippen molar-refractivity contribution in [1.82, 2.24) is 0 Å². The minimum absolute atomic E-state index is 0.353. The van der Waals surface area contributed by atoms with Gasteiger partial charge in [0.15, 0.2) is 0 Å². The lowest BCUT2D eigenvalue weighted by Crippen LogP contribution is -2.11. The zero-order valence-corrected chi connectivity index (χ0v) is 9.10. The van der Waals surface area contributed by atoms with Crippen molar-refractivity contribution in [2.45, 2.75) is 19.8 Å². The summed E-state index contributed by atoms with van der Waals surface area (Å²) in [4.78, 5) is 10.7. The predicted molar refractivity (Wildman–Crippen MR) is 63.7 cm³/mol. The molecule has 0 aromatic rings. The lowest BCUT2D eigenvalue weighted by Gasteiger charge is -2.04. The van der Waals surface area contributed by atoms with Crippen LogP contribution in [-0.4, -0.2) is 11.1 Å². The van der Waals surface area contributed by atoms with Crippen molar-refractivity contribution in [1.29, 1.82) is 0 Å². The highest BCUT2D eigenvalue weighted by molar-refractivity contribution is 5.70. The molecule has 1 unspecified atom stereocenters. The topological polar surface area (TPSA) is 37.3 Å². The van der Waals surface area contributed by atoms with Gasteiger partial charge in [0.2, 0.25) is 0 Å². The first-order valence-corrected chi connectivity index (χ1v) is 5.00. The van der Waals surface area contributed by atoms with E-state index >= 15 is 0 Å². The molecule has 0 aliphatic heterocycles. The van der Waals surface area contributed by atoms with Gasteiger partial charge >= 0.3 is 5.97 Å². The standard InChI is InChI=1S/C13H18O2/c1-3-5-6-7-8-9-11-12(10-4-2)13(14)15/h3-9,12H,2,10-11H2,1H3,(H,14,15). The first-order chi connectivity index (χ1) is 7.22. The van der Waals surface area contributed by atoms with Crippen LogP contribution < -0.4 is 0 Å². The Morgan fingerprint density at radius 3 is 2.47 bits per heavy atom. The van der Waals surface area contributed by atoms with E-state index in [4.69, 9.17) is 5.11 Å². The summed E-state index contributed by atoms with van der Waals surface area (Å²) in [5.74, 6) is -1.12. The number of rotatable bonds is 7. The summed E-state index contributed by atoms with van der Waals surface area (Å²) in [5.41, 5.74) is 0. The fraction of sp³-hybridized carbons (Fsp3) is 0.308. The van der Waals surface area contributed by atoms with Crippen LogP contribution in [-0.2, 0) is 4.79 Å². The fourth-order valence-electron chi connectivity index (χ4n) is 1.06. The molecule has 2 nitrogen and oxygen atoms in total. The average Bonchev–Trinajstić information content (AvgIpc) is 2.21. The largest absolute Gasteiger partial charge is 0.481 e. The highest BCUT2D eigenvalue weighted by Crippen LogP contribution is 2.10. The molecule has 0 aliphatic carbocycles. The molecule has 0 fully saturated rings. The minimum Gasteiger partial charge on any atom is -0.481 e. The molecule has 1 N–H and O–H groups in total. The van der Waals surface area contributed by atoms with Gasteiger partial charge in [-0.25, -0.2) is 0 Å². The predicted octanol–water partition coefficient (Wildman–Crippen LogP) is 3.34. The van der Waals surface area contributed by atoms with Crippen LogP contribution in [0.5, 0.6) is 0 Å². The van der Waals surface area contributed by atoms with Crippen LogP contribution in [0.4, 0.5) is 0 Å². The second-order valence-corrected chi connectivity index (χ2v) is 3.13. The number of carbonyl (C=O) groups is 1. The number of hydrogen-bond acceptors (Lipinski definition) is 1. The molecular formula is C13H18O2. The van der Waals surface area contributed by atoms with E-state index in [2.05, 4.69) is 6.58 Å². The Morgan fingerprint density at radius 1 is 1.27 bits per heavy atom. The molecule has 15 heavy (non-hydrogen) atoms. The number of carboxylic acids is 1. The third kappa shape index (κ3) is 7.50. The summed E-state index contributed by atoms with van der Waals surface area (Å²) >= 11 is 0. The Labute approximate surface area is 91.3 Å². The average molecular weight is 206 g/mol. The Hall–Kier alpha value is -1.57. The smallest absolute Gasteiger partial charge is 0.307 e. The Balaban J connectivity index is 3.98. The van der Waals surface area contributed by atoms with E-state index in [0.29, 0.717) is 12.8 Å². The third-order valence-electron chi connectivity index (χ3n) is 1.88.